The Morgan fingerprint density at radius 1 is 1.44 bits per heavy atom. The predicted molar refractivity (Wildman–Crippen MR) is 91.2 cm³/mol. The van der Waals surface area contributed by atoms with Gasteiger partial charge in [-0.15, -0.1) is 10.2 Å². The molecule has 2 aromatic rings. The van der Waals surface area contributed by atoms with Crippen molar-refractivity contribution in [3.05, 3.63) is 41.0 Å². The van der Waals surface area contributed by atoms with Gasteiger partial charge in [-0.05, 0) is 42.0 Å². The van der Waals surface area contributed by atoms with Gasteiger partial charge in [0, 0.05) is 6.54 Å². The second-order valence-corrected chi connectivity index (χ2v) is 6.92. The molecule has 2 atom stereocenters. The van der Waals surface area contributed by atoms with Crippen LogP contribution in [0, 0.1) is 11.7 Å². The minimum atomic E-state index is -0.417. The van der Waals surface area contributed by atoms with Crippen LogP contribution in [0.15, 0.2) is 18.2 Å². The minimum Gasteiger partial charge on any atom is -0.334 e. The summed E-state index contributed by atoms with van der Waals surface area (Å²) in [4.78, 5) is 15.2. The van der Waals surface area contributed by atoms with Gasteiger partial charge < -0.3 is 4.90 Å². The average molecular weight is 345 g/mol. The number of tetrazole rings is 1. The smallest absolute Gasteiger partial charge is 0.234 e. The van der Waals surface area contributed by atoms with Crippen molar-refractivity contribution in [2.24, 2.45) is 5.92 Å². The third-order valence-electron chi connectivity index (χ3n) is 4.85. The van der Waals surface area contributed by atoms with Crippen molar-refractivity contribution in [2.75, 3.05) is 6.54 Å². The zero-order valence-corrected chi connectivity index (χ0v) is 14.9. The number of nitrogens with one attached hydrogen (secondary N) is 1. The van der Waals surface area contributed by atoms with E-state index in [-0.39, 0.29) is 23.7 Å². The third kappa shape index (κ3) is 3.41. The van der Waals surface area contributed by atoms with Crippen LogP contribution >= 0.6 is 0 Å². The van der Waals surface area contributed by atoms with Crippen LogP contribution in [0.4, 0.5) is 4.39 Å². The van der Waals surface area contributed by atoms with E-state index >= 15 is 0 Å². The number of aromatic nitrogens is 4. The maximum Gasteiger partial charge on any atom is 0.234 e. The van der Waals surface area contributed by atoms with Crippen LogP contribution in [-0.4, -0.2) is 38.0 Å². The Balaban J connectivity index is 1.96. The summed E-state index contributed by atoms with van der Waals surface area (Å²) in [5, 5.41) is 14.1. The first-order chi connectivity index (χ1) is 12.0. The van der Waals surface area contributed by atoms with E-state index in [1.807, 2.05) is 17.9 Å². The molecule has 3 rings (SSSR count). The van der Waals surface area contributed by atoms with Gasteiger partial charge >= 0.3 is 0 Å². The van der Waals surface area contributed by atoms with Crippen molar-refractivity contribution in [1.82, 2.24) is 25.5 Å². The van der Waals surface area contributed by atoms with Gasteiger partial charge in [0.2, 0.25) is 5.91 Å². The Morgan fingerprint density at radius 3 is 2.88 bits per heavy atom. The lowest BCUT2D eigenvalue weighted by molar-refractivity contribution is -0.137. The maximum absolute atomic E-state index is 13.8. The van der Waals surface area contributed by atoms with E-state index in [4.69, 9.17) is 0 Å². The van der Waals surface area contributed by atoms with Gasteiger partial charge in [0.25, 0.3) is 0 Å². The number of hydrogen-bond donors (Lipinski definition) is 1. The van der Waals surface area contributed by atoms with E-state index in [0.717, 1.165) is 24.0 Å². The number of amides is 1. The predicted octanol–water partition coefficient (Wildman–Crippen LogP) is 3.00. The molecule has 0 bridgehead atoms. The molecule has 2 heterocycles. The highest BCUT2D eigenvalue weighted by atomic mass is 19.1. The van der Waals surface area contributed by atoms with E-state index in [1.54, 1.807) is 6.07 Å². The highest BCUT2D eigenvalue weighted by molar-refractivity contribution is 5.83. The van der Waals surface area contributed by atoms with Crippen LogP contribution in [0.5, 0.6) is 0 Å². The van der Waals surface area contributed by atoms with Crippen molar-refractivity contribution >= 4 is 5.91 Å². The Hall–Kier alpha value is -2.31. The number of nitrogens with zero attached hydrogens (tertiary/aromatic N) is 4. The molecule has 6 nitrogen and oxygen atoms in total. The van der Waals surface area contributed by atoms with Crippen LogP contribution in [0.3, 0.4) is 0 Å². The van der Waals surface area contributed by atoms with Crippen molar-refractivity contribution in [3.8, 4) is 0 Å². The zero-order valence-electron chi connectivity index (χ0n) is 14.9. The molecule has 1 aliphatic heterocycles. The van der Waals surface area contributed by atoms with Crippen molar-refractivity contribution in [2.45, 2.75) is 52.0 Å². The van der Waals surface area contributed by atoms with Crippen molar-refractivity contribution in [3.63, 3.8) is 0 Å². The topological polar surface area (TPSA) is 74.8 Å². The molecule has 134 valence electrons. The number of aromatic amines is 1. The van der Waals surface area contributed by atoms with Crippen LogP contribution in [0.25, 0.3) is 0 Å². The molecule has 0 fully saturated rings. The molecule has 1 aliphatic rings. The quantitative estimate of drug-likeness (QED) is 0.904. The molecule has 1 aromatic carbocycles. The van der Waals surface area contributed by atoms with E-state index in [0.29, 0.717) is 18.8 Å². The van der Waals surface area contributed by atoms with Crippen LogP contribution < -0.4 is 0 Å². The van der Waals surface area contributed by atoms with E-state index in [9.17, 15) is 9.18 Å². The lowest BCUT2D eigenvalue weighted by atomic mass is 9.85. The second-order valence-electron chi connectivity index (χ2n) is 6.92. The van der Waals surface area contributed by atoms with Gasteiger partial charge in [0.1, 0.15) is 11.7 Å². The van der Waals surface area contributed by atoms with Gasteiger partial charge in [-0.25, -0.2) is 4.39 Å². The van der Waals surface area contributed by atoms with Gasteiger partial charge in [0.05, 0.1) is 6.04 Å². The van der Waals surface area contributed by atoms with Gasteiger partial charge in [-0.3, -0.25) is 4.79 Å². The first-order valence-electron chi connectivity index (χ1n) is 8.85. The summed E-state index contributed by atoms with van der Waals surface area (Å²) in [6, 6.07) is 4.76. The molecule has 7 heteroatoms. The summed E-state index contributed by atoms with van der Waals surface area (Å²) < 4.78 is 13.8. The van der Waals surface area contributed by atoms with Crippen LogP contribution in [-0.2, 0) is 11.2 Å². The monoisotopic (exact) mass is 345 g/mol. The molecule has 0 radical (unpaired) electrons. The summed E-state index contributed by atoms with van der Waals surface area (Å²) in [5.74, 6) is -0.0734. The fraction of sp³-hybridized carbons (Fsp3) is 0.556. The molecule has 2 unspecified atom stereocenters. The summed E-state index contributed by atoms with van der Waals surface area (Å²) in [6.45, 7) is 6.78. The first-order valence-corrected chi connectivity index (χ1v) is 8.85. The SMILES string of the molecule is CCCC(C(=O)N1CCc2ccc(F)cc2C1C(C)C)c1nn[nH]n1. The van der Waals surface area contributed by atoms with Crippen LogP contribution in [0.1, 0.15) is 62.5 Å². The Bertz CT molecular complexity index is 731. The molecule has 1 N–H and O–H groups in total. The van der Waals surface area contributed by atoms with E-state index in [1.165, 1.54) is 6.07 Å². The minimum absolute atomic E-state index is 0.00291. The number of carbonyl (C=O) groups is 1. The van der Waals surface area contributed by atoms with Crippen molar-refractivity contribution < 1.29 is 9.18 Å². The third-order valence-corrected chi connectivity index (χ3v) is 4.85. The van der Waals surface area contributed by atoms with Gasteiger partial charge in [-0.1, -0.05) is 38.5 Å². The van der Waals surface area contributed by atoms with Crippen molar-refractivity contribution in [1.29, 1.82) is 0 Å². The fourth-order valence-electron chi connectivity index (χ4n) is 3.75. The Labute approximate surface area is 146 Å². The molecule has 0 saturated carbocycles. The largest absolute Gasteiger partial charge is 0.334 e. The highest BCUT2D eigenvalue weighted by Crippen LogP contribution is 2.37. The summed E-state index contributed by atoms with van der Waals surface area (Å²) in [6.07, 6.45) is 2.24. The molecule has 0 spiro atoms. The number of carbonyl (C=O) groups excluding carboxylic acids is 1. The van der Waals surface area contributed by atoms with Gasteiger partial charge in [-0.2, -0.15) is 5.21 Å². The number of fused-ring (bicyclic) bond motifs is 1. The number of benzene rings is 1. The molecule has 1 amide bonds. The fourth-order valence-corrected chi connectivity index (χ4v) is 3.75. The van der Waals surface area contributed by atoms with E-state index < -0.39 is 5.92 Å². The lowest BCUT2D eigenvalue weighted by Crippen LogP contribution is -2.44. The number of halogens is 1. The molecular formula is C18H24FN5O. The van der Waals surface area contributed by atoms with E-state index in [2.05, 4.69) is 34.5 Å². The zero-order chi connectivity index (χ0) is 18.0. The summed E-state index contributed by atoms with van der Waals surface area (Å²) >= 11 is 0. The molecule has 0 saturated heterocycles. The summed E-state index contributed by atoms with van der Waals surface area (Å²) in [5.41, 5.74) is 2.04. The molecular weight excluding hydrogens is 321 g/mol. The summed E-state index contributed by atoms with van der Waals surface area (Å²) in [7, 11) is 0. The number of hydrogen-bond acceptors (Lipinski definition) is 4. The first kappa shape index (κ1) is 17.5. The Kier molecular flexibility index (Phi) is 5.11. The maximum atomic E-state index is 13.8. The molecule has 1 aromatic heterocycles. The standard InChI is InChI=1S/C18H24FN5O/c1-4-5-14(17-20-22-23-21-17)18(25)24-9-8-12-6-7-13(19)10-15(12)16(24)11(2)3/h6-7,10-11,14,16H,4-5,8-9H2,1-3H3,(H,20,21,22,23). The molecule has 0 aliphatic carbocycles. The Morgan fingerprint density at radius 2 is 2.24 bits per heavy atom. The van der Waals surface area contributed by atoms with Crippen LogP contribution in [0.2, 0.25) is 0 Å². The van der Waals surface area contributed by atoms with Gasteiger partial charge in [0.15, 0.2) is 5.82 Å². The molecule has 25 heavy (non-hydrogen) atoms. The highest BCUT2D eigenvalue weighted by Gasteiger charge is 2.37. The number of H-pyrrole nitrogens is 1. The number of rotatable bonds is 5. The lowest BCUT2D eigenvalue weighted by Gasteiger charge is -2.41. The second kappa shape index (κ2) is 7.29. The normalized spacial score (nSPS) is 18.3. The average Bonchev–Trinajstić information content (AvgIpc) is 3.11.